The van der Waals surface area contributed by atoms with Crippen molar-refractivity contribution in [2.24, 2.45) is 56.7 Å². The van der Waals surface area contributed by atoms with Gasteiger partial charge in [0.1, 0.15) is 0 Å². The fourth-order valence-electron chi connectivity index (χ4n) is 11.7. The summed E-state index contributed by atoms with van der Waals surface area (Å²) in [6.07, 6.45) is 11.1. The lowest BCUT2D eigenvalue weighted by atomic mass is 9.32. The van der Waals surface area contributed by atoms with Gasteiger partial charge in [-0.1, -0.05) is 46.8 Å². The maximum atomic E-state index is 13.3. The average molecular weight is 471 g/mol. The van der Waals surface area contributed by atoms with Gasteiger partial charge in [0.15, 0.2) is 0 Å². The van der Waals surface area contributed by atoms with Crippen LogP contribution in [-0.2, 0) is 9.53 Å². The molecule has 0 aromatic rings. The summed E-state index contributed by atoms with van der Waals surface area (Å²) >= 11 is 0. The molecule has 5 rings (SSSR count). The summed E-state index contributed by atoms with van der Waals surface area (Å²) < 4.78 is 5.49. The topological polar surface area (TPSA) is 46.5 Å². The van der Waals surface area contributed by atoms with Crippen molar-refractivity contribution in [2.45, 2.75) is 112 Å². The Kier molecular flexibility index (Phi) is 5.55. The zero-order valence-electron chi connectivity index (χ0n) is 23.0. The SMILES string of the molecule is C=C(C)[C@@H]1CC[C@]2(C(=O)OC)CC[C@]3(C)C(CC[C@@H]4[C@@]5(C)CC[C@H](O)C(C)(C)[C@@H]5CC[C@]43C)[C@@H]12. The molecule has 3 heteroatoms. The summed E-state index contributed by atoms with van der Waals surface area (Å²) in [5.41, 5.74) is 1.78. The van der Waals surface area contributed by atoms with E-state index in [1.807, 2.05) is 0 Å². The Bertz CT molecular complexity index is 876. The Balaban J connectivity index is 1.56. The smallest absolute Gasteiger partial charge is 0.312 e. The van der Waals surface area contributed by atoms with E-state index >= 15 is 0 Å². The van der Waals surface area contributed by atoms with E-state index in [0.717, 1.165) is 38.5 Å². The second-order valence-corrected chi connectivity index (χ2v) is 14.7. The largest absolute Gasteiger partial charge is 0.469 e. The molecule has 0 saturated heterocycles. The van der Waals surface area contributed by atoms with Crippen LogP contribution in [-0.4, -0.2) is 24.3 Å². The summed E-state index contributed by atoms with van der Waals surface area (Å²) in [6.45, 7) is 19.1. The Hall–Kier alpha value is -0.830. The molecule has 0 radical (unpaired) electrons. The average Bonchev–Trinajstić information content (AvgIpc) is 3.18. The molecule has 0 aliphatic heterocycles. The number of aliphatic hydroxyl groups is 1. The van der Waals surface area contributed by atoms with Gasteiger partial charge >= 0.3 is 5.97 Å². The minimum Gasteiger partial charge on any atom is -0.469 e. The fraction of sp³-hybridized carbons (Fsp3) is 0.903. The molecule has 0 amide bonds. The van der Waals surface area contributed by atoms with Crippen LogP contribution in [0.15, 0.2) is 12.2 Å². The Morgan fingerprint density at radius 1 is 0.853 bits per heavy atom. The molecule has 0 aromatic heterocycles. The molecule has 10 atom stereocenters. The number of rotatable bonds is 2. The Morgan fingerprint density at radius 3 is 2.21 bits per heavy atom. The molecule has 34 heavy (non-hydrogen) atoms. The molecule has 5 fully saturated rings. The first-order valence-electron chi connectivity index (χ1n) is 14.2. The fourth-order valence-corrected chi connectivity index (χ4v) is 11.7. The predicted molar refractivity (Wildman–Crippen MR) is 137 cm³/mol. The number of aliphatic hydroxyl groups excluding tert-OH is 1. The van der Waals surface area contributed by atoms with Gasteiger partial charge in [-0.15, -0.1) is 0 Å². The third-order valence-electron chi connectivity index (χ3n) is 13.6. The van der Waals surface area contributed by atoms with Crippen LogP contribution in [0.2, 0.25) is 0 Å². The highest BCUT2D eigenvalue weighted by Gasteiger charge is 2.72. The Morgan fingerprint density at radius 2 is 1.56 bits per heavy atom. The van der Waals surface area contributed by atoms with Crippen LogP contribution in [0.5, 0.6) is 0 Å². The number of ether oxygens (including phenoxy) is 1. The van der Waals surface area contributed by atoms with Gasteiger partial charge in [-0.3, -0.25) is 4.79 Å². The molecule has 1 N–H and O–H groups in total. The molecule has 5 aliphatic rings. The molecule has 5 aliphatic carbocycles. The number of fused-ring (bicyclic) bond motifs is 7. The third kappa shape index (κ3) is 2.83. The molecule has 0 bridgehead atoms. The van der Waals surface area contributed by atoms with Gasteiger partial charge in [-0.2, -0.15) is 0 Å². The number of carbonyl (C=O) groups excluding carboxylic acids is 1. The van der Waals surface area contributed by atoms with E-state index in [1.165, 1.54) is 31.3 Å². The number of hydrogen-bond donors (Lipinski definition) is 1. The Labute approximate surface area is 208 Å². The van der Waals surface area contributed by atoms with Crippen LogP contribution in [0.25, 0.3) is 0 Å². The number of methoxy groups -OCH3 is 1. The summed E-state index contributed by atoms with van der Waals surface area (Å²) in [4.78, 5) is 13.3. The standard InChI is InChI=1S/C31H50O3/c1-19(2)20-11-16-31(26(33)34-8)18-17-29(6)21(25(20)31)9-10-23-28(5)14-13-24(32)27(3,4)22(28)12-15-30(23,29)7/h20-25,32H,1,9-18H2,2-8H3/t20-,21?,22-,23+,24-,25+,28-,29+,30+,31-/m0/s1. The molecule has 0 aromatic carbocycles. The first-order valence-corrected chi connectivity index (χ1v) is 14.2. The normalized spacial score (nSPS) is 53.6. The molecule has 0 heterocycles. The number of allylic oxidation sites excluding steroid dienone is 1. The lowest BCUT2D eigenvalue weighted by Crippen LogP contribution is -2.67. The highest BCUT2D eigenvalue weighted by Crippen LogP contribution is 2.77. The van der Waals surface area contributed by atoms with Crippen LogP contribution >= 0.6 is 0 Å². The van der Waals surface area contributed by atoms with Gasteiger partial charge < -0.3 is 9.84 Å². The summed E-state index contributed by atoms with van der Waals surface area (Å²) in [5.74, 6) is 2.72. The van der Waals surface area contributed by atoms with Crippen molar-refractivity contribution in [3.05, 3.63) is 12.2 Å². The number of esters is 1. The lowest BCUT2D eigenvalue weighted by molar-refractivity contribution is -0.248. The molecule has 0 spiro atoms. The first kappa shape index (κ1) is 24.8. The molecule has 192 valence electrons. The predicted octanol–water partition coefficient (Wildman–Crippen LogP) is 7.18. The third-order valence-corrected chi connectivity index (χ3v) is 13.6. The van der Waals surface area contributed by atoms with Crippen molar-refractivity contribution in [2.75, 3.05) is 7.11 Å². The van der Waals surface area contributed by atoms with Gasteiger partial charge in [-0.05, 0) is 122 Å². The lowest BCUT2D eigenvalue weighted by Gasteiger charge is -2.72. The van der Waals surface area contributed by atoms with Gasteiger partial charge in [0, 0.05) is 0 Å². The van der Waals surface area contributed by atoms with Crippen molar-refractivity contribution in [3.63, 3.8) is 0 Å². The summed E-state index contributed by atoms with van der Waals surface area (Å²) in [7, 11) is 1.59. The second kappa shape index (κ2) is 7.59. The van der Waals surface area contributed by atoms with Crippen LogP contribution in [0, 0.1) is 56.7 Å². The minimum absolute atomic E-state index is 0.00478. The van der Waals surface area contributed by atoms with Crippen molar-refractivity contribution in [3.8, 4) is 0 Å². The molecular weight excluding hydrogens is 420 g/mol. The van der Waals surface area contributed by atoms with E-state index < -0.39 is 0 Å². The molecule has 5 saturated carbocycles. The van der Waals surface area contributed by atoms with Crippen LogP contribution < -0.4 is 0 Å². The highest BCUT2D eigenvalue weighted by atomic mass is 16.5. The van der Waals surface area contributed by atoms with E-state index in [2.05, 4.69) is 48.1 Å². The maximum Gasteiger partial charge on any atom is 0.312 e. The van der Waals surface area contributed by atoms with Gasteiger partial charge in [0.2, 0.25) is 0 Å². The van der Waals surface area contributed by atoms with Gasteiger partial charge in [0.25, 0.3) is 0 Å². The molecule has 1 unspecified atom stereocenters. The van der Waals surface area contributed by atoms with Crippen molar-refractivity contribution in [1.29, 1.82) is 0 Å². The number of hydrogen-bond acceptors (Lipinski definition) is 3. The van der Waals surface area contributed by atoms with E-state index in [0.29, 0.717) is 35.0 Å². The molecule has 3 nitrogen and oxygen atoms in total. The van der Waals surface area contributed by atoms with E-state index in [4.69, 9.17) is 4.74 Å². The van der Waals surface area contributed by atoms with E-state index in [-0.39, 0.29) is 33.7 Å². The minimum atomic E-state index is -0.302. The molecular formula is C31H50O3. The van der Waals surface area contributed by atoms with Crippen LogP contribution in [0.3, 0.4) is 0 Å². The maximum absolute atomic E-state index is 13.3. The second-order valence-electron chi connectivity index (χ2n) is 14.7. The zero-order chi connectivity index (χ0) is 24.9. The quantitative estimate of drug-likeness (QED) is 0.343. The van der Waals surface area contributed by atoms with Crippen molar-refractivity contribution in [1.82, 2.24) is 0 Å². The van der Waals surface area contributed by atoms with E-state index in [1.54, 1.807) is 7.11 Å². The first-order chi connectivity index (χ1) is 15.8. The summed E-state index contributed by atoms with van der Waals surface area (Å²) in [5, 5.41) is 10.9. The van der Waals surface area contributed by atoms with Crippen molar-refractivity contribution >= 4 is 5.97 Å². The van der Waals surface area contributed by atoms with Crippen LogP contribution in [0.1, 0.15) is 106 Å². The van der Waals surface area contributed by atoms with Crippen molar-refractivity contribution < 1.29 is 14.6 Å². The van der Waals surface area contributed by atoms with E-state index in [9.17, 15) is 9.90 Å². The summed E-state index contributed by atoms with van der Waals surface area (Å²) in [6, 6.07) is 0. The van der Waals surface area contributed by atoms with Crippen LogP contribution in [0.4, 0.5) is 0 Å². The monoisotopic (exact) mass is 470 g/mol. The van der Waals surface area contributed by atoms with Gasteiger partial charge in [-0.25, -0.2) is 0 Å². The zero-order valence-corrected chi connectivity index (χ0v) is 23.0. The number of carbonyl (C=O) groups is 1. The highest BCUT2D eigenvalue weighted by molar-refractivity contribution is 5.78. The van der Waals surface area contributed by atoms with Gasteiger partial charge in [0.05, 0.1) is 18.6 Å².